The zero-order chi connectivity index (χ0) is 20.2. The molecule has 0 aliphatic carbocycles. The third-order valence-corrected chi connectivity index (χ3v) is 11.8. The molecule has 4 atom stereocenters. The molecule has 1 aromatic carbocycles. The smallest absolute Gasteiger partial charge is 0.201 e. The number of halogens is 1. The van der Waals surface area contributed by atoms with Crippen molar-refractivity contribution in [1.29, 1.82) is 0 Å². The Hall–Kier alpha value is -0.793. The highest BCUT2D eigenvalue weighted by Crippen LogP contribution is 2.45. The minimum atomic E-state index is -2.30. The molecule has 0 spiro atoms. The second kappa shape index (κ2) is 9.61. The van der Waals surface area contributed by atoms with Crippen LogP contribution in [0.15, 0.2) is 30.3 Å². The number of rotatable bonds is 9. The van der Waals surface area contributed by atoms with Gasteiger partial charge < -0.3 is 19.0 Å². The first-order chi connectivity index (χ1) is 12.7. The van der Waals surface area contributed by atoms with Crippen LogP contribution in [-0.4, -0.2) is 44.7 Å². The Bertz CT molecular complexity index is 545. The molecule has 1 N–H and O–H groups in total. The number of alkyl halides is 1. The third-order valence-electron chi connectivity index (χ3n) is 5.71. The van der Waals surface area contributed by atoms with Gasteiger partial charge in [0.15, 0.2) is 12.5 Å². The molecule has 1 fully saturated rings. The van der Waals surface area contributed by atoms with Crippen molar-refractivity contribution in [2.24, 2.45) is 0 Å². The lowest BCUT2D eigenvalue weighted by atomic mass is 10.2. The Balaban J connectivity index is 2.10. The molecule has 1 aromatic rings. The summed E-state index contributed by atoms with van der Waals surface area (Å²) in [4.78, 5) is 0. The van der Waals surface area contributed by atoms with Crippen molar-refractivity contribution in [2.75, 3.05) is 6.61 Å². The molecule has 0 radical (unpaired) electrons. The lowest BCUT2D eigenvalue weighted by Crippen LogP contribution is -2.53. The van der Waals surface area contributed by atoms with Crippen LogP contribution in [0.25, 0.3) is 0 Å². The molecule has 0 bridgehead atoms. The van der Waals surface area contributed by atoms with Gasteiger partial charge in [0, 0.05) is 0 Å². The lowest BCUT2D eigenvalue weighted by molar-refractivity contribution is -0.127. The highest BCUT2D eigenvalue weighted by molar-refractivity contribution is 6.77. The number of hydrogen-bond donors (Lipinski definition) is 1. The average molecular weight is 399 g/mol. The number of aliphatic hydroxyl groups excluding tert-OH is 1. The summed E-state index contributed by atoms with van der Waals surface area (Å²) in [5.41, 5.74) is 2.02. The first-order valence-corrected chi connectivity index (χ1v) is 12.1. The Kier molecular flexibility index (Phi) is 8.01. The van der Waals surface area contributed by atoms with Crippen LogP contribution in [0.3, 0.4) is 0 Å². The molecule has 0 aromatic heterocycles. The molecule has 1 heterocycles. The van der Waals surface area contributed by atoms with Crippen LogP contribution < -0.4 is 0 Å². The van der Waals surface area contributed by atoms with Crippen LogP contribution in [-0.2, 0) is 20.5 Å². The Morgan fingerprint density at radius 2 is 1.59 bits per heavy atom. The van der Waals surface area contributed by atoms with Crippen molar-refractivity contribution < 1.29 is 23.4 Å². The van der Waals surface area contributed by atoms with Crippen molar-refractivity contribution in [3.8, 4) is 0 Å². The quantitative estimate of drug-likeness (QED) is 0.606. The molecule has 4 nitrogen and oxygen atoms in total. The van der Waals surface area contributed by atoms with Crippen molar-refractivity contribution in [2.45, 2.75) is 89.4 Å². The van der Waals surface area contributed by atoms with Crippen LogP contribution >= 0.6 is 0 Å². The maximum Gasteiger partial charge on any atom is 0.201 e. The van der Waals surface area contributed by atoms with E-state index in [1.807, 2.05) is 30.3 Å². The summed E-state index contributed by atoms with van der Waals surface area (Å²) in [5.74, 6) is 0. The number of benzene rings is 1. The van der Waals surface area contributed by atoms with E-state index in [0.717, 1.165) is 5.56 Å². The van der Waals surface area contributed by atoms with E-state index in [1.54, 1.807) is 0 Å². The van der Waals surface area contributed by atoms with E-state index in [2.05, 4.69) is 41.5 Å². The highest BCUT2D eigenvalue weighted by Gasteiger charge is 2.53. The maximum absolute atomic E-state index is 14.8. The van der Waals surface area contributed by atoms with Gasteiger partial charge in [-0.05, 0) is 22.2 Å². The summed E-state index contributed by atoms with van der Waals surface area (Å²) in [6.07, 6.45) is -4.42. The summed E-state index contributed by atoms with van der Waals surface area (Å²) in [7, 11) is -2.30. The molecule has 154 valence electrons. The van der Waals surface area contributed by atoms with Crippen LogP contribution in [0.5, 0.6) is 0 Å². The van der Waals surface area contributed by atoms with Gasteiger partial charge in [0.05, 0.1) is 13.2 Å². The van der Waals surface area contributed by atoms with Gasteiger partial charge in [0.1, 0.15) is 12.2 Å². The lowest BCUT2D eigenvalue weighted by Gasteiger charge is -2.44. The van der Waals surface area contributed by atoms with E-state index >= 15 is 0 Å². The SMILES string of the molecule is CC(C)[Si](O[C@H]1[C@H](F)[C@H](O)O[C@@H]1COCc1ccccc1)(C(C)C)C(C)C. The van der Waals surface area contributed by atoms with Gasteiger partial charge in [-0.25, -0.2) is 4.39 Å². The maximum atomic E-state index is 14.8. The van der Waals surface area contributed by atoms with E-state index in [9.17, 15) is 9.50 Å². The molecule has 6 heteroatoms. The van der Waals surface area contributed by atoms with Gasteiger partial charge in [0.2, 0.25) is 8.32 Å². The fourth-order valence-electron chi connectivity index (χ4n) is 4.49. The van der Waals surface area contributed by atoms with E-state index in [0.29, 0.717) is 23.2 Å². The minimum absolute atomic E-state index is 0.190. The largest absolute Gasteiger partial charge is 0.407 e. The minimum Gasteiger partial charge on any atom is -0.407 e. The highest BCUT2D eigenvalue weighted by atomic mass is 28.4. The standard InChI is InChI=1S/C21H35FO4Si/c1-14(2)27(15(3)4,16(5)6)26-20-18(25-21(23)19(20)22)13-24-12-17-10-8-7-9-11-17/h7-11,14-16,18-21,23H,12-13H2,1-6H3/t18-,19+,20-,21-/m1/s1. The van der Waals surface area contributed by atoms with Gasteiger partial charge in [-0.3, -0.25) is 0 Å². The fraction of sp³-hybridized carbons (Fsp3) is 0.714. The Morgan fingerprint density at radius 3 is 2.11 bits per heavy atom. The third kappa shape index (κ3) is 4.98. The molecule has 27 heavy (non-hydrogen) atoms. The molecule has 0 amide bonds. The zero-order valence-electron chi connectivity index (χ0n) is 17.4. The first-order valence-electron chi connectivity index (χ1n) is 9.97. The van der Waals surface area contributed by atoms with Crippen LogP contribution in [0, 0.1) is 0 Å². The van der Waals surface area contributed by atoms with Crippen LogP contribution in [0.4, 0.5) is 4.39 Å². The van der Waals surface area contributed by atoms with Gasteiger partial charge in [-0.15, -0.1) is 0 Å². The Morgan fingerprint density at radius 1 is 1.04 bits per heavy atom. The molecule has 1 saturated heterocycles. The van der Waals surface area contributed by atoms with Crippen molar-refractivity contribution in [3.05, 3.63) is 35.9 Å². The molecule has 2 rings (SSSR count). The molecule has 0 saturated carbocycles. The Labute approximate surface area is 164 Å². The van der Waals surface area contributed by atoms with E-state index < -0.39 is 33.0 Å². The predicted octanol–water partition coefficient (Wildman–Crippen LogP) is 4.82. The number of ether oxygens (including phenoxy) is 2. The summed E-state index contributed by atoms with van der Waals surface area (Å²) in [5, 5.41) is 9.95. The van der Waals surface area contributed by atoms with Gasteiger partial charge in [0.25, 0.3) is 0 Å². The first kappa shape index (κ1) is 22.5. The monoisotopic (exact) mass is 398 g/mol. The summed E-state index contributed by atoms with van der Waals surface area (Å²) < 4.78 is 32.6. The molecular weight excluding hydrogens is 363 g/mol. The van der Waals surface area contributed by atoms with Gasteiger partial charge in [-0.2, -0.15) is 0 Å². The van der Waals surface area contributed by atoms with Crippen LogP contribution in [0.1, 0.15) is 47.1 Å². The van der Waals surface area contributed by atoms with Crippen LogP contribution in [0.2, 0.25) is 16.6 Å². The molecule has 1 aliphatic rings. The summed E-state index contributed by atoms with van der Waals surface area (Å²) in [6.45, 7) is 13.6. The molecular formula is C21H35FO4Si. The molecule has 1 aliphatic heterocycles. The van der Waals surface area contributed by atoms with E-state index in [4.69, 9.17) is 13.9 Å². The fourth-order valence-corrected chi connectivity index (χ4v) is 10.1. The zero-order valence-corrected chi connectivity index (χ0v) is 18.4. The van der Waals surface area contributed by atoms with Gasteiger partial charge >= 0.3 is 0 Å². The summed E-state index contributed by atoms with van der Waals surface area (Å²) >= 11 is 0. The molecule has 0 unspecified atom stereocenters. The topological polar surface area (TPSA) is 47.9 Å². The number of aliphatic hydroxyl groups is 1. The second-order valence-corrected chi connectivity index (χ2v) is 13.8. The van der Waals surface area contributed by atoms with Crippen molar-refractivity contribution in [1.82, 2.24) is 0 Å². The van der Waals surface area contributed by atoms with Gasteiger partial charge in [-0.1, -0.05) is 71.9 Å². The van der Waals surface area contributed by atoms with E-state index in [-0.39, 0.29) is 6.61 Å². The number of hydrogen-bond acceptors (Lipinski definition) is 4. The predicted molar refractivity (Wildman–Crippen MR) is 108 cm³/mol. The summed E-state index contributed by atoms with van der Waals surface area (Å²) in [6, 6.07) is 9.80. The second-order valence-electron chi connectivity index (χ2n) is 8.41. The van der Waals surface area contributed by atoms with Crippen molar-refractivity contribution in [3.63, 3.8) is 0 Å². The normalized spacial score (nSPS) is 26.5. The van der Waals surface area contributed by atoms with Crippen molar-refractivity contribution >= 4 is 8.32 Å². The van der Waals surface area contributed by atoms with E-state index in [1.165, 1.54) is 0 Å². The average Bonchev–Trinajstić information content (AvgIpc) is 2.86.